The smallest absolute Gasteiger partial charge is 0.156 e. The third-order valence-electron chi connectivity index (χ3n) is 10.6. The molecule has 0 bridgehead atoms. The zero-order chi connectivity index (χ0) is 37.7. The first-order valence-electron chi connectivity index (χ1n) is 19.0. The molecule has 0 amide bonds. The molecule has 4 heteroatoms. The highest BCUT2D eigenvalue weighted by Gasteiger charge is 2.47. The maximum absolute atomic E-state index is 6.86. The maximum Gasteiger partial charge on any atom is 0.156 e. The number of hydrogen-bond donors (Lipinski definition) is 2. The summed E-state index contributed by atoms with van der Waals surface area (Å²) < 4.78 is 0. The number of anilines is 2. The third-order valence-corrected chi connectivity index (χ3v) is 10.6. The Hall–Kier alpha value is -7.14. The molecule has 0 spiro atoms. The first kappa shape index (κ1) is 34.6. The van der Waals surface area contributed by atoms with Crippen molar-refractivity contribution in [3.63, 3.8) is 0 Å². The molecule has 0 saturated carbocycles. The summed E-state index contributed by atoms with van der Waals surface area (Å²) in [5.74, 6) is 0.573. The van der Waals surface area contributed by atoms with Crippen molar-refractivity contribution in [1.82, 2.24) is 0 Å². The van der Waals surface area contributed by atoms with Crippen molar-refractivity contribution < 1.29 is 0 Å². The van der Waals surface area contributed by atoms with E-state index in [1.165, 1.54) is 33.4 Å². The molecule has 4 nitrogen and oxygen atoms in total. The normalized spacial score (nSPS) is 13.6. The predicted molar refractivity (Wildman–Crippen MR) is 233 cm³/mol. The summed E-state index contributed by atoms with van der Waals surface area (Å²) in [5.41, 5.74) is 20.8. The minimum Gasteiger partial charge on any atom is -0.355 e. The molecule has 0 radical (unpaired) electrons. The maximum atomic E-state index is 6.86. The lowest BCUT2D eigenvalue weighted by Crippen LogP contribution is -2.28. The summed E-state index contributed by atoms with van der Waals surface area (Å²) in [6, 6.07) is 74.2. The number of nitrogens with zero attached hydrogens (tertiary/aromatic N) is 2. The Bertz CT molecular complexity index is 2610. The SMILES string of the molecule is NC(N=C(N=Cc1ccccc1)c1ccccc1)c1cccc(Nc2ccc3c(c2-c2ccccc2)-c2ccccc2C3(c2ccccc2)c2ccccc2)c1. The van der Waals surface area contributed by atoms with Gasteiger partial charge >= 0.3 is 0 Å². The lowest BCUT2D eigenvalue weighted by atomic mass is 9.67. The first-order valence-corrected chi connectivity index (χ1v) is 19.0. The van der Waals surface area contributed by atoms with Crippen LogP contribution < -0.4 is 11.1 Å². The average Bonchev–Trinajstić information content (AvgIpc) is 3.57. The third kappa shape index (κ3) is 6.42. The number of benzene rings is 8. The molecule has 9 rings (SSSR count). The zero-order valence-corrected chi connectivity index (χ0v) is 30.8. The van der Waals surface area contributed by atoms with Gasteiger partial charge in [0.05, 0.1) is 5.41 Å². The van der Waals surface area contributed by atoms with Gasteiger partial charge < -0.3 is 11.1 Å². The molecule has 0 aromatic heterocycles. The molecule has 0 fully saturated rings. The first-order chi connectivity index (χ1) is 27.7. The summed E-state index contributed by atoms with van der Waals surface area (Å²) in [6.45, 7) is 0. The molecule has 3 N–H and O–H groups in total. The lowest BCUT2D eigenvalue weighted by Gasteiger charge is -2.34. The van der Waals surface area contributed by atoms with E-state index in [2.05, 4.69) is 145 Å². The number of amidine groups is 1. The van der Waals surface area contributed by atoms with Crippen LogP contribution in [-0.2, 0) is 5.41 Å². The molecule has 268 valence electrons. The molecule has 0 saturated heterocycles. The van der Waals surface area contributed by atoms with Gasteiger partial charge in [0.25, 0.3) is 0 Å². The number of fused-ring (bicyclic) bond motifs is 3. The Morgan fingerprint density at radius 3 is 1.80 bits per heavy atom. The van der Waals surface area contributed by atoms with E-state index in [1.807, 2.05) is 79.0 Å². The Kier molecular flexibility index (Phi) is 9.46. The molecule has 1 aliphatic carbocycles. The average molecular weight is 721 g/mol. The van der Waals surface area contributed by atoms with Crippen molar-refractivity contribution in [3.05, 3.63) is 251 Å². The van der Waals surface area contributed by atoms with Crippen molar-refractivity contribution in [3.8, 4) is 22.3 Å². The summed E-state index contributed by atoms with van der Waals surface area (Å²) in [5, 5.41) is 3.83. The highest BCUT2D eigenvalue weighted by molar-refractivity contribution is 6.05. The molecule has 8 aromatic rings. The highest BCUT2D eigenvalue weighted by atomic mass is 15.0. The molecule has 8 aromatic carbocycles. The molecular formula is C52H40N4. The Balaban J connectivity index is 1.16. The fraction of sp³-hybridized carbons (Fsp3) is 0.0385. The molecule has 1 atom stereocenters. The monoisotopic (exact) mass is 720 g/mol. The van der Waals surface area contributed by atoms with Crippen LogP contribution in [0.2, 0.25) is 0 Å². The number of rotatable bonds is 9. The number of nitrogens with two attached hydrogens (primary N) is 1. The minimum absolute atomic E-state index is 0.499. The van der Waals surface area contributed by atoms with Gasteiger partial charge in [-0.2, -0.15) is 0 Å². The quantitative estimate of drug-likeness (QED) is 0.115. The summed E-state index contributed by atoms with van der Waals surface area (Å²) in [6.07, 6.45) is 1.19. The van der Waals surface area contributed by atoms with Gasteiger partial charge in [0.2, 0.25) is 0 Å². The van der Waals surface area contributed by atoms with E-state index in [9.17, 15) is 0 Å². The summed E-state index contributed by atoms with van der Waals surface area (Å²) in [7, 11) is 0. The standard InChI is InChI=1S/C52H40N4/c53-50(56-51(39-23-10-3-11-24-39)54-36-37-19-6-1-7-20-37)40-25-18-30-43(35-40)55-47-34-33-46-49(48(47)38-21-8-2-9-22-38)44-31-16-17-32-45(44)52(46,41-26-12-4-13-27-41)42-28-14-5-15-29-42/h1-36,50,55H,53H2. The van der Waals surface area contributed by atoms with Gasteiger partial charge in [-0.15, -0.1) is 0 Å². The fourth-order valence-corrected chi connectivity index (χ4v) is 8.15. The second-order valence-electron chi connectivity index (χ2n) is 14.0. The van der Waals surface area contributed by atoms with Crippen molar-refractivity contribution in [1.29, 1.82) is 0 Å². The largest absolute Gasteiger partial charge is 0.355 e. The van der Waals surface area contributed by atoms with E-state index in [0.29, 0.717) is 5.84 Å². The molecule has 0 aliphatic heterocycles. The van der Waals surface area contributed by atoms with Crippen LogP contribution in [0.1, 0.15) is 45.1 Å². The van der Waals surface area contributed by atoms with Crippen LogP contribution in [0.25, 0.3) is 22.3 Å². The van der Waals surface area contributed by atoms with E-state index < -0.39 is 11.6 Å². The number of aliphatic imine (C=N–C) groups is 2. The van der Waals surface area contributed by atoms with Crippen LogP contribution in [-0.4, -0.2) is 12.1 Å². The van der Waals surface area contributed by atoms with Gasteiger partial charge in [-0.1, -0.05) is 194 Å². The molecule has 1 aliphatic rings. The predicted octanol–water partition coefficient (Wildman–Crippen LogP) is 12.0. The second-order valence-corrected chi connectivity index (χ2v) is 14.0. The topological polar surface area (TPSA) is 62.8 Å². The van der Waals surface area contributed by atoms with Gasteiger partial charge in [0, 0.05) is 28.7 Å². The van der Waals surface area contributed by atoms with Crippen LogP contribution in [0.4, 0.5) is 11.4 Å². The Labute approximate surface area is 328 Å². The second kappa shape index (κ2) is 15.3. The molecule has 1 unspecified atom stereocenters. The molecule has 0 heterocycles. The summed E-state index contributed by atoms with van der Waals surface area (Å²) in [4.78, 5) is 9.76. The van der Waals surface area contributed by atoms with E-state index in [4.69, 9.17) is 15.7 Å². The van der Waals surface area contributed by atoms with Gasteiger partial charge in [-0.25, -0.2) is 9.98 Å². The van der Waals surface area contributed by atoms with Gasteiger partial charge in [-0.3, -0.25) is 0 Å². The Morgan fingerprint density at radius 1 is 0.536 bits per heavy atom. The van der Waals surface area contributed by atoms with Gasteiger partial charge in [0.1, 0.15) is 6.17 Å². The zero-order valence-electron chi connectivity index (χ0n) is 30.8. The minimum atomic E-state index is -0.641. The van der Waals surface area contributed by atoms with Crippen LogP contribution in [0.3, 0.4) is 0 Å². The van der Waals surface area contributed by atoms with Crippen LogP contribution in [0.15, 0.2) is 222 Å². The number of hydrogen-bond acceptors (Lipinski definition) is 3. The van der Waals surface area contributed by atoms with Crippen LogP contribution in [0, 0.1) is 0 Å². The molecular weight excluding hydrogens is 681 g/mol. The van der Waals surface area contributed by atoms with E-state index in [1.54, 1.807) is 0 Å². The van der Waals surface area contributed by atoms with E-state index in [0.717, 1.165) is 39.2 Å². The van der Waals surface area contributed by atoms with Crippen molar-refractivity contribution in [2.45, 2.75) is 11.6 Å². The summed E-state index contributed by atoms with van der Waals surface area (Å²) >= 11 is 0. The van der Waals surface area contributed by atoms with Crippen LogP contribution >= 0.6 is 0 Å². The van der Waals surface area contributed by atoms with Crippen molar-refractivity contribution >= 4 is 23.4 Å². The van der Waals surface area contributed by atoms with E-state index >= 15 is 0 Å². The van der Waals surface area contributed by atoms with Crippen molar-refractivity contribution in [2.75, 3.05) is 5.32 Å². The Morgan fingerprint density at radius 2 is 1.12 bits per heavy atom. The van der Waals surface area contributed by atoms with Crippen molar-refractivity contribution in [2.24, 2.45) is 15.7 Å². The number of nitrogens with one attached hydrogen (secondary N) is 1. The molecule has 56 heavy (non-hydrogen) atoms. The van der Waals surface area contributed by atoms with Crippen LogP contribution in [0.5, 0.6) is 0 Å². The van der Waals surface area contributed by atoms with Gasteiger partial charge in [0.15, 0.2) is 5.84 Å². The highest BCUT2D eigenvalue weighted by Crippen LogP contribution is 2.59. The van der Waals surface area contributed by atoms with E-state index in [-0.39, 0.29) is 0 Å². The lowest BCUT2D eigenvalue weighted by molar-refractivity contribution is 0.768. The fourth-order valence-electron chi connectivity index (χ4n) is 8.15. The van der Waals surface area contributed by atoms with Gasteiger partial charge in [-0.05, 0) is 68.3 Å².